The van der Waals surface area contributed by atoms with Gasteiger partial charge in [0, 0.05) is 23.5 Å². The fraction of sp³-hybridized carbons (Fsp3) is 0.308. The lowest BCUT2D eigenvalue weighted by molar-refractivity contribution is -0.112. The number of carbonyl (C=O) groups excluding carboxylic acids is 2. The third kappa shape index (κ3) is 5.42. The summed E-state index contributed by atoms with van der Waals surface area (Å²) in [5.74, 6) is -0.208. The Morgan fingerprint density at radius 3 is 2.39 bits per heavy atom. The van der Waals surface area contributed by atoms with Gasteiger partial charge in [0.2, 0.25) is 0 Å². The second kappa shape index (κ2) is 10.9. The van der Waals surface area contributed by atoms with Crippen LogP contribution >= 0.6 is 11.3 Å². The summed E-state index contributed by atoms with van der Waals surface area (Å²) in [6.07, 6.45) is 12.3. The molecule has 2 amide bonds. The summed E-state index contributed by atoms with van der Waals surface area (Å²) in [4.78, 5) is 29.4. The zero-order chi connectivity index (χ0) is 22.2. The summed E-state index contributed by atoms with van der Waals surface area (Å²) in [5.41, 5.74) is 3.14. The monoisotopic (exact) mass is 434 g/mol. The van der Waals surface area contributed by atoms with Crippen molar-refractivity contribution in [3.63, 3.8) is 0 Å². The molecule has 1 saturated heterocycles. The molecule has 1 N–H and O–H groups in total. The molecule has 1 aliphatic heterocycles. The number of benzene rings is 1. The maximum atomic E-state index is 13.5. The minimum Gasteiger partial charge on any atom is -0.339 e. The van der Waals surface area contributed by atoms with Gasteiger partial charge in [0.05, 0.1) is 5.56 Å². The lowest BCUT2D eigenvalue weighted by Crippen LogP contribution is -2.36. The average molecular weight is 435 g/mol. The molecule has 4 nitrogen and oxygen atoms in total. The van der Waals surface area contributed by atoms with Gasteiger partial charge in [-0.25, -0.2) is 0 Å². The standard InChI is InChI=1S/C26H30N2O2S/c1-4-6-14-21(13-5-2)24(29)27-25-22(26(30)28-17-11-8-12-18-28)19(3)23(31-25)20-15-9-7-10-16-20/h4-7,9-10,13-16H,8,11-12,17-18H2,1-3H3,(H,27,29)/b6-4-,13-5-,21-14+. The van der Waals surface area contributed by atoms with Crippen LogP contribution in [0.5, 0.6) is 0 Å². The van der Waals surface area contributed by atoms with Crippen LogP contribution in [-0.4, -0.2) is 29.8 Å². The topological polar surface area (TPSA) is 49.4 Å². The largest absolute Gasteiger partial charge is 0.339 e. The first kappa shape index (κ1) is 22.8. The van der Waals surface area contributed by atoms with Crippen LogP contribution in [0.3, 0.4) is 0 Å². The molecule has 0 unspecified atom stereocenters. The van der Waals surface area contributed by atoms with Gasteiger partial charge >= 0.3 is 0 Å². The van der Waals surface area contributed by atoms with Gasteiger partial charge in [-0.1, -0.05) is 54.6 Å². The first-order valence-corrected chi connectivity index (χ1v) is 11.6. The number of allylic oxidation sites excluding steroid dienone is 4. The first-order chi connectivity index (χ1) is 15.1. The molecule has 1 aromatic heterocycles. The number of rotatable bonds is 6. The fourth-order valence-corrected chi connectivity index (χ4v) is 4.94. The molecule has 1 fully saturated rings. The Morgan fingerprint density at radius 1 is 1.03 bits per heavy atom. The Kier molecular flexibility index (Phi) is 8.01. The summed E-state index contributed by atoms with van der Waals surface area (Å²) in [6, 6.07) is 10.0. The highest BCUT2D eigenvalue weighted by atomic mass is 32.1. The third-order valence-electron chi connectivity index (χ3n) is 5.34. The quantitative estimate of drug-likeness (QED) is 0.424. The van der Waals surface area contributed by atoms with Gasteiger partial charge in [0.15, 0.2) is 0 Å². The van der Waals surface area contributed by atoms with Crippen molar-refractivity contribution >= 4 is 28.2 Å². The Hall–Kier alpha value is -2.92. The maximum absolute atomic E-state index is 13.5. The van der Waals surface area contributed by atoms with Crippen molar-refractivity contribution in [1.82, 2.24) is 4.90 Å². The highest BCUT2D eigenvalue weighted by Crippen LogP contribution is 2.41. The molecule has 0 saturated carbocycles. The highest BCUT2D eigenvalue weighted by Gasteiger charge is 2.28. The number of amides is 2. The predicted molar refractivity (Wildman–Crippen MR) is 131 cm³/mol. The van der Waals surface area contributed by atoms with Crippen molar-refractivity contribution in [1.29, 1.82) is 0 Å². The number of anilines is 1. The van der Waals surface area contributed by atoms with E-state index in [2.05, 4.69) is 5.32 Å². The van der Waals surface area contributed by atoms with Crippen LogP contribution in [0.15, 0.2) is 66.3 Å². The van der Waals surface area contributed by atoms with Gasteiger partial charge in [-0.2, -0.15) is 0 Å². The zero-order valence-electron chi connectivity index (χ0n) is 18.5. The number of thiophene rings is 1. The molecule has 3 rings (SSSR count). The molecule has 31 heavy (non-hydrogen) atoms. The van der Waals surface area contributed by atoms with Gasteiger partial charge in [0.25, 0.3) is 11.8 Å². The van der Waals surface area contributed by atoms with Gasteiger partial charge in [-0.3, -0.25) is 9.59 Å². The van der Waals surface area contributed by atoms with Crippen LogP contribution in [0.1, 0.15) is 49.0 Å². The van der Waals surface area contributed by atoms with E-state index in [1.54, 1.807) is 12.2 Å². The van der Waals surface area contributed by atoms with E-state index in [0.717, 1.165) is 48.4 Å². The molecule has 0 radical (unpaired) electrons. The van der Waals surface area contributed by atoms with Crippen LogP contribution in [-0.2, 0) is 4.79 Å². The Labute approximate surface area is 189 Å². The fourth-order valence-electron chi connectivity index (χ4n) is 3.74. The Bertz CT molecular complexity index is 1010. The van der Waals surface area contributed by atoms with Crippen molar-refractivity contribution < 1.29 is 9.59 Å². The van der Waals surface area contributed by atoms with Gasteiger partial charge in [-0.15, -0.1) is 11.3 Å². The zero-order valence-corrected chi connectivity index (χ0v) is 19.3. The van der Waals surface area contributed by atoms with Crippen molar-refractivity contribution in [3.05, 3.63) is 77.4 Å². The molecular weight excluding hydrogens is 404 g/mol. The SMILES string of the molecule is C\C=C/C=C(\C=C/C)C(=O)Nc1sc(-c2ccccc2)c(C)c1C(=O)N1CCCCC1. The number of carbonyl (C=O) groups is 2. The summed E-state index contributed by atoms with van der Waals surface area (Å²) >= 11 is 1.47. The van der Waals surface area contributed by atoms with E-state index in [-0.39, 0.29) is 11.8 Å². The number of nitrogens with zero attached hydrogens (tertiary/aromatic N) is 1. The smallest absolute Gasteiger partial charge is 0.257 e. The van der Waals surface area contributed by atoms with E-state index in [1.165, 1.54) is 11.3 Å². The molecule has 1 aromatic carbocycles. The second-order valence-electron chi connectivity index (χ2n) is 7.58. The number of likely N-dealkylation sites (tertiary alicyclic amines) is 1. The molecule has 162 valence electrons. The number of piperidine rings is 1. The maximum Gasteiger partial charge on any atom is 0.257 e. The molecule has 0 aliphatic carbocycles. The minimum absolute atomic E-state index is 0.0101. The van der Waals surface area contributed by atoms with Crippen LogP contribution < -0.4 is 5.32 Å². The van der Waals surface area contributed by atoms with E-state index in [9.17, 15) is 9.59 Å². The van der Waals surface area contributed by atoms with Crippen LogP contribution in [0, 0.1) is 6.92 Å². The van der Waals surface area contributed by atoms with Gasteiger partial charge < -0.3 is 10.2 Å². The molecule has 0 atom stereocenters. The van der Waals surface area contributed by atoms with E-state index in [4.69, 9.17) is 0 Å². The second-order valence-corrected chi connectivity index (χ2v) is 8.60. The van der Waals surface area contributed by atoms with E-state index >= 15 is 0 Å². The number of hydrogen-bond donors (Lipinski definition) is 1. The molecule has 2 aromatic rings. The lowest BCUT2D eigenvalue weighted by atomic mass is 10.0. The Morgan fingerprint density at radius 2 is 1.74 bits per heavy atom. The Balaban J connectivity index is 2.03. The van der Waals surface area contributed by atoms with Crippen molar-refractivity contribution in [3.8, 4) is 10.4 Å². The van der Waals surface area contributed by atoms with Crippen molar-refractivity contribution in [2.45, 2.75) is 40.0 Å². The third-order valence-corrected chi connectivity index (χ3v) is 6.60. The molecule has 5 heteroatoms. The summed E-state index contributed by atoms with van der Waals surface area (Å²) in [6.45, 7) is 7.31. The average Bonchev–Trinajstić information content (AvgIpc) is 3.12. The summed E-state index contributed by atoms with van der Waals surface area (Å²) < 4.78 is 0. The van der Waals surface area contributed by atoms with Crippen molar-refractivity contribution in [2.75, 3.05) is 18.4 Å². The van der Waals surface area contributed by atoms with Crippen LogP contribution in [0.25, 0.3) is 10.4 Å². The van der Waals surface area contributed by atoms with Gasteiger partial charge in [-0.05, 0) is 57.2 Å². The van der Waals surface area contributed by atoms with Crippen molar-refractivity contribution in [2.24, 2.45) is 0 Å². The van der Waals surface area contributed by atoms with E-state index in [0.29, 0.717) is 16.1 Å². The molecule has 2 heterocycles. The van der Waals surface area contributed by atoms with Gasteiger partial charge in [0.1, 0.15) is 5.00 Å². The van der Waals surface area contributed by atoms with E-state index in [1.807, 2.05) is 74.2 Å². The molecule has 1 aliphatic rings. The summed E-state index contributed by atoms with van der Waals surface area (Å²) in [7, 11) is 0. The first-order valence-electron chi connectivity index (χ1n) is 10.8. The molecule has 0 bridgehead atoms. The number of hydrogen-bond acceptors (Lipinski definition) is 3. The predicted octanol–water partition coefficient (Wildman–Crippen LogP) is 6.37. The molecular formula is C26H30N2O2S. The lowest BCUT2D eigenvalue weighted by Gasteiger charge is -2.27. The molecule has 0 spiro atoms. The van der Waals surface area contributed by atoms with E-state index < -0.39 is 0 Å². The summed E-state index contributed by atoms with van der Waals surface area (Å²) in [5, 5.41) is 3.65. The minimum atomic E-state index is -0.218. The number of nitrogens with one attached hydrogen (secondary N) is 1. The van der Waals surface area contributed by atoms with Crippen LogP contribution in [0.4, 0.5) is 5.00 Å². The normalized spacial score (nSPS) is 15.1. The highest BCUT2D eigenvalue weighted by molar-refractivity contribution is 7.20. The van der Waals surface area contributed by atoms with Crippen LogP contribution in [0.2, 0.25) is 0 Å².